The molecule has 3 fully saturated rings. The largest absolute Gasteiger partial charge is 0.461 e. The number of pyridine rings is 1. The van der Waals surface area contributed by atoms with Gasteiger partial charge in [-0.25, -0.2) is 13.2 Å². The van der Waals surface area contributed by atoms with Crippen molar-refractivity contribution in [3.8, 4) is 23.3 Å². The fourth-order valence-electron chi connectivity index (χ4n) is 8.08. The lowest BCUT2D eigenvalue weighted by Gasteiger charge is -2.41. The second-order valence-corrected chi connectivity index (χ2v) is 15.0. The van der Waals surface area contributed by atoms with Crippen LogP contribution < -0.4 is 9.64 Å². The Hall–Kier alpha value is -5.33. The molecule has 0 saturated carbocycles. The van der Waals surface area contributed by atoms with Crippen molar-refractivity contribution in [3.63, 3.8) is 0 Å². The molecule has 0 radical (unpaired) electrons. The normalized spacial score (nSPS) is 21.6. The van der Waals surface area contributed by atoms with Crippen LogP contribution in [0, 0.1) is 23.0 Å². The SMILES string of the molecule is CC(C)c1noc(/C=C/C(=O)N2CCN(c3nc(OC[C@@]45CCCN4C[C@H](F)C5)nc4c(F)c(-c5cccc6ccc(F)c(Cl)c56)ncc34)C[C@@H]2CC#N)n1. The molecule has 0 N–H and O–H groups in total. The molecule has 0 bridgehead atoms. The minimum Gasteiger partial charge on any atom is -0.461 e. The number of piperazine rings is 1. The summed E-state index contributed by atoms with van der Waals surface area (Å²) >= 11 is 6.42. The minimum atomic E-state index is -0.976. The fourth-order valence-corrected chi connectivity index (χ4v) is 8.35. The number of benzene rings is 2. The number of ether oxygens (including phenoxy) is 1. The van der Waals surface area contributed by atoms with Crippen LogP contribution in [-0.4, -0.2) is 97.9 Å². The standard InChI is InChI=1S/C39H37ClF3N9O3/c1-22(2)36-46-29(55-49-36)9-10-30(53)52-16-15-50(20-25(52)11-13-44)37-27-18-45-34(26-6-3-5-23-7-8-28(42)32(40)31(23)26)33(43)35(27)47-38(48-37)54-21-39-12-4-14-51(39)19-24(41)17-39/h3,5-10,18,22,24-25H,4,11-12,14-17,19-21H2,1-2H3/b10-9+/t24-,25+,39+/m1/s1. The van der Waals surface area contributed by atoms with E-state index in [1.807, 2.05) is 18.7 Å². The van der Waals surface area contributed by atoms with Gasteiger partial charge in [-0.15, -0.1) is 0 Å². The third-order valence-electron chi connectivity index (χ3n) is 10.8. The Kier molecular flexibility index (Phi) is 9.81. The number of rotatable bonds is 9. The van der Waals surface area contributed by atoms with Crippen LogP contribution in [0.2, 0.25) is 5.02 Å². The Bertz CT molecular complexity index is 2370. The van der Waals surface area contributed by atoms with E-state index in [0.717, 1.165) is 19.4 Å². The molecule has 3 atom stereocenters. The average Bonchev–Trinajstić information content (AvgIpc) is 3.89. The average molecular weight is 772 g/mol. The van der Waals surface area contributed by atoms with E-state index in [2.05, 4.69) is 31.1 Å². The number of nitriles is 1. The van der Waals surface area contributed by atoms with E-state index in [4.69, 9.17) is 25.8 Å². The molecule has 1 amide bonds. The predicted molar refractivity (Wildman–Crippen MR) is 199 cm³/mol. The van der Waals surface area contributed by atoms with E-state index in [0.29, 0.717) is 35.4 Å². The summed E-state index contributed by atoms with van der Waals surface area (Å²) in [6.07, 6.45) is 5.25. The summed E-state index contributed by atoms with van der Waals surface area (Å²) in [6, 6.07) is 9.39. The first kappa shape index (κ1) is 36.6. The van der Waals surface area contributed by atoms with Crippen LogP contribution in [0.4, 0.5) is 19.0 Å². The Morgan fingerprint density at radius 1 is 1.16 bits per heavy atom. The molecular weight excluding hydrogens is 735 g/mol. The smallest absolute Gasteiger partial charge is 0.319 e. The molecule has 16 heteroatoms. The number of carbonyl (C=O) groups excluding carboxylic acids is 1. The number of hydrogen-bond acceptors (Lipinski definition) is 11. The van der Waals surface area contributed by atoms with Crippen LogP contribution in [0.1, 0.15) is 57.2 Å². The first-order valence-electron chi connectivity index (χ1n) is 18.2. The van der Waals surface area contributed by atoms with Gasteiger partial charge in [-0.3, -0.25) is 14.7 Å². The fraction of sp³-hybridized carbons (Fsp3) is 0.410. The summed E-state index contributed by atoms with van der Waals surface area (Å²) < 4.78 is 57.7. The molecule has 5 aromatic rings. The molecule has 0 aliphatic carbocycles. The van der Waals surface area contributed by atoms with Crippen LogP contribution in [-0.2, 0) is 4.79 Å². The number of hydrogen-bond donors (Lipinski definition) is 0. The summed E-state index contributed by atoms with van der Waals surface area (Å²) in [4.78, 5) is 37.1. The number of amides is 1. The van der Waals surface area contributed by atoms with E-state index in [-0.39, 0.29) is 83.6 Å². The molecule has 3 aromatic heterocycles. The molecule has 3 aliphatic heterocycles. The van der Waals surface area contributed by atoms with Crippen molar-refractivity contribution in [1.29, 1.82) is 5.26 Å². The van der Waals surface area contributed by atoms with Crippen LogP contribution >= 0.6 is 11.6 Å². The number of aromatic nitrogens is 5. The maximum atomic E-state index is 16.9. The van der Waals surface area contributed by atoms with Gasteiger partial charge >= 0.3 is 6.01 Å². The molecule has 3 aliphatic rings. The first-order chi connectivity index (χ1) is 26.5. The number of anilines is 1. The van der Waals surface area contributed by atoms with Gasteiger partial charge in [0.2, 0.25) is 5.91 Å². The third kappa shape index (κ3) is 6.82. The third-order valence-corrected chi connectivity index (χ3v) is 11.2. The highest BCUT2D eigenvalue weighted by molar-refractivity contribution is 6.36. The van der Waals surface area contributed by atoms with Gasteiger partial charge in [0.25, 0.3) is 5.89 Å². The number of fused-ring (bicyclic) bond motifs is 3. The van der Waals surface area contributed by atoms with Crippen molar-refractivity contribution in [3.05, 3.63) is 71.0 Å². The predicted octanol–water partition coefficient (Wildman–Crippen LogP) is 6.88. The van der Waals surface area contributed by atoms with Gasteiger partial charge in [-0.2, -0.15) is 20.2 Å². The van der Waals surface area contributed by atoms with Gasteiger partial charge in [0, 0.05) is 67.8 Å². The van der Waals surface area contributed by atoms with Crippen molar-refractivity contribution in [2.75, 3.05) is 44.2 Å². The van der Waals surface area contributed by atoms with E-state index in [9.17, 15) is 18.8 Å². The topological polar surface area (TPSA) is 137 Å². The highest BCUT2D eigenvalue weighted by Gasteiger charge is 2.49. The molecule has 55 heavy (non-hydrogen) atoms. The Labute approximate surface area is 319 Å². The molecule has 0 unspecified atom stereocenters. The van der Waals surface area contributed by atoms with Crippen molar-refractivity contribution in [1.82, 2.24) is 34.9 Å². The second kappa shape index (κ2) is 14.7. The lowest BCUT2D eigenvalue weighted by Crippen LogP contribution is -2.55. The van der Waals surface area contributed by atoms with Crippen LogP contribution in [0.15, 0.2) is 47.1 Å². The number of nitrogens with zero attached hydrogens (tertiary/aromatic N) is 9. The maximum absolute atomic E-state index is 16.9. The number of alkyl halides is 1. The first-order valence-corrected chi connectivity index (χ1v) is 18.6. The van der Waals surface area contributed by atoms with Gasteiger partial charge in [0.15, 0.2) is 11.6 Å². The lowest BCUT2D eigenvalue weighted by molar-refractivity contribution is -0.128. The molecule has 3 saturated heterocycles. The highest BCUT2D eigenvalue weighted by Crippen LogP contribution is 2.42. The lowest BCUT2D eigenvalue weighted by atomic mass is 9.95. The van der Waals surface area contributed by atoms with Crippen LogP contribution in [0.25, 0.3) is 39.0 Å². The highest BCUT2D eigenvalue weighted by atomic mass is 35.5. The zero-order valence-electron chi connectivity index (χ0n) is 30.2. The van der Waals surface area contributed by atoms with E-state index >= 15 is 4.39 Å². The van der Waals surface area contributed by atoms with Crippen molar-refractivity contribution >= 4 is 51.1 Å². The van der Waals surface area contributed by atoms with Crippen LogP contribution in [0.3, 0.4) is 0 Å². The minimum absolute atomic E-state index is 0.0123. The summed E-state index contributed by atoms with van der Waals surface area (Å²) in [5.74, 6) is -0.722. The summed E-state index contributed by atoms with van der Waals surface area (Å²) in [7, 11) is 0. The van der Waals surface area contributed by atoms with E-state index in [1.165, 1.54) is 24.4 Å². The molecule has 6 heterocycles. The summed E-state index contributed by atoms with van der Waals surface area (Å²) in [5, 5.41) is 14.7. The van der Waals surface area contributed by atoms with Crippen LogP contribution in [0.5, 0.6) is 6.01 Å². The van der Waals surface area contributed by atoms with E-state index in [1.54, 1.807) is 29.2 Å². The Morgan fingerprint density at radius 2 is 2.02 bits per heavy atom. The van der Waals surface area contributed by atoms with Crippen molar-refractivity contribution in [2.24, 2.45) is 0 Å². The Balaban J connectivity index is 1.16. The van der Waals surface area contributed by atoms with Gasteiger partial charge < -0.3 is 19.1 Å². The zero-order chi connectivity index (χ0) is 38.4. The van der Waals surface area contributed by atoms with Gasteiger partial charge in [-0.1, -0.05) is 54.9 Å². The Morgan fingerprint density at radius 3 is 2.82 bits per heavy atom. The van der Waals surface area contributed by atoms with Gasteiger partial charge in [-0.05, 0) is 30.8 Å². The molecule has 284 valence electrons. The zero-order valence-corrected chi connectivity index (χ0v) is 30.9. The molecule has 8 rings (SSSR count). The molecule has 2 aromatic carbocycles. The van der Waals surface area contributed by atoms with Gasteiger partial charge in [0.1, 0.15) is 35.6 Å². The number of carbonyl (C=O) groups is 1. The monoisotopic (exact) mass is 771 g/mol. The van der Waals surface area contributed by atoms with Gasteiger partial charge in [0.05, 0.1) is 34.5 Å². The number of halogens is 4. The summed E-state index contributed by atoms with van der Waals surface area (Å²) in [6.45, 7) is 5.72. The molecular formula is C39H37ClF3N9O3. The van der Waals surface area contributed by atoms with Crippen molar-refractivity contribution < 1.29 is 27.2 Å². The quantitative estimate of drug-likeness (QED) is 0.145. The maximum Gasteiger partial charge on any atom is 0.319 e. The molecule has 0 spiro atoms. The molecule has 12 nitrogen and oxygen atoms in total. The van der Waals surface area contributed by atoms with E-state index < -0.39 is 29.4 Å². The second-order valence-electron chi connectivity index (χ2n) is 14.6. The van der Waals surface area contributed by atoms with Crippen molar-refractivity contribution in [2.45, 2.75) is 63.2 Å². The summed E-state index contributed by atoms with van der Waals surface area (Å²) in [5.41, 5.74) is -0.425.